The van der Waals surface area contributed by atoms with Crippen molar-refractivity contribution in [3.63, 3.8) is 0 Å². The maximum atomic E-state index is 5.72. The minimum Gasteiger partial charge on any atom is -0.330 e. The molecule has 0 fully saturated rings. The second-order valence-electron chi connectivity index (χ2n) is 5.71. The third-order valence-corrected chi connectivity index (χ3v) is 3.95. The zero-order chi connectivity index (χ0) is 14.1. The van der Waals surface area contributed by atoms with Crippen LogP contribution in [0, 0.1) is 5.92 Å². The van der Waals surface area contributed by atoms with Gasteiger partial charge in [-0.25, -0.2) is 0 Å². The Morgan fingerprint density at radius 3 is 2.53 bits per heavy atom. The Kier molecular flexibility index (Phi) is 8.03. The smallest absolute Gasteiger partial charge is 0.00260 e. The molecule has 1 unspecified atom stereocenters. The second-order valence-corrected chi connectivity index (χ2v) is 5.71. The van der Waals surface area contributed by atoms with Gasteiger partial charge in [-0.1, -0.05) is 24.1 Å². The van der Waals surface area contributed by atoms with E-state index in [2.05, 4.69) is 18.3 Å². The van der Waals surface area contributed by atoms with Crippen molar-refractivity contribution < 1.29 is 0 Å². The number of nitrogens with one attached hydrogen (secondary N) is 1. The van der Waals surface area contributed by atoms with Gasteiger partial charge in [0.1, 0.15) is 0 Å². The second kappa shape index (κ2) is 9.29. The van der Waals surface area contributed by atoms with Gasteiger partial charge in [0.15, 0.2) is 0 Å². The molecule has 0 bridgehead atoms. The first-order chi connectivity index (χ1) is 9.21. The number of hydrogen-bond acceptors (Lipinski definition) is 3. The predicted octanol–water partition coefficient (Wildman–Crippen LogP) is 2.34. The average Bonchev–Trinajstić information content (AvgIpc) is 2.40. The van der Waals surface area contributed by atoms with Crippen LogP contribution >= 0.6 is 0 Å². The van der Waals surface area contributed by atoms with E-state index in [0.29, 0.717) is 0 Å². The van der Waals surface area contributed by atoms with Crippen LogP contribution in [0.4, 0.5) is 0 Å². The van der Waals surface area contributed by atoms with Crippen LogP contribution in [0.2, 0.25) is 0 Å². The van der Waals surface area contributed by atoms with Crippen molar-refractivity contribution in [3.8, 4) is 0 Å². The molecule has 0 amide bonds. The molecule has 0 spiro atoms. The fraction of sp³-hybridized carbons (Fsp3) is 0.750. The zero-order valence-electron chi connectivity index (χ0n) is 12.7. The van der Waals surface area contributed by atoms with Crippen molar-refractivity contribution in [2.24, 2.45) is 17.4 Å². The van der Waals surface area contributed by atoms with Crippen LogP contribution < -0.4 is 16.8 Å². The molecule has 19 heavy (non-hydrogen) atoms. The molecule has 0 saturated carbocycles. The van der Waals surface area contributed by atoms with E-state index < -0.39 is 0 Å². The average molecular weight is 265 g/mol. The van der Waals surface area contributed by atoms with Crippen molar-refractivity contribution in [2.75, 3.05) is 26.7 Å². The molecule has 110 valence electrons. The lowest BCUT2D eigenvalue weighted by molar-refractivity contribution is 0.499. The maximum absolute atomic E-state index is 5.72. The SMILES string of the molecule is CNCC(C)CCC1=CC(CCN)=C(CCN)CC1. The van der Waals surface area contributed by atoms with Gasteiger partial charge in [0, 0.05) is 0 Å². The normalized spacial score (nSPS) is 17.6. The summed E-state index contributed by atoms with van der Waals surface area (Å²) in [5, 5.41) is 3.25. The molecule has 0 aliphatic heterocycles. The van der Waals surface area contributed by atoms with Gasteiger partial charge in [-0.05, 0) is 76.7 Å². The van der Waals surface area contributed by atoms with Crippen LogP contribution in [-0.2, 0) is 0 Å². The lowest BCUT2D eigenvalue weighted by Gasteiger charge is -2.21. The fourth-order valence-electron chi connectivity index (χ4n) is 2.84. The van der Waals surface area contributed by atoms with Crippen LogP contribution in [0.25, 0.3) is 0 Å². The van der Waals surface area contributed by atoms with Crippen LogP contribution in [0.5, 0.6) is 0 Å². The Morgan fingerprint density at radius 2 is 1.89 bits per heavy atom. The number of rotatable bonds is 9. The first-order valence-corrected chi connectivity index (χ1v) is 7.66. The topological polar surface area (TPSA) is 64.1 Å². The number of nitrogens with two attached hydrogens (primary N) is 2. The van der Waals surface area contributed by atoms with Crippen molar-refractivity contribution in [1.82, 2.24) is 5.32 Å². The molecular weight excluding hydrogens is 234 g/mol. The zero-order valence-corrected chi connectivity index (χ0v) is 12.7. The number of hydrogen-bond donors (Lipinski definition) is 3. The van der Waals surface area contributed by atoms with Gasteiger partial charge in [0.2, 0.25) is 0 Å². The number of allylic oxidation sites excluding steroid dienone is 2. The molecular formula is C16H31N3. The highest BCUT2D eigenvalue weighted by molar-refractivity contribution is 5.34. The maximum Gasteiger partial charge on any atom is -0.00260 e. The highest BCUT2D eigenvalue weighted by Crippen LogP contribution is 2.30. The minimum atomic E-state index is 0.739. The Morgan fingerprint density at radius 1 is 1.16 bits per heavy atom. The van der Waals surface area contributed by atoms with Gasteiger partial charge in [-0.3, -0.25) is 0 Å². The van der Waals surface area contributed by atoms with Crippen molar-refractivity contribution in [1.29, 1.82) is 0 Å². The molecule has 0 heterocycles. The van der Waals surface area contributed by atoms with Gasteiger partial charge >= 0.3 is 0 Å². The van der Waals surface area contributed by atoms with E-state index in [1.807, 2.05) is 7.05 Å². The molecule has 1 aliphatic carbocycles. The van der Waals surface area contributed by atoms with E-state index >= 15 is 0 Å². The Bertz CT molecular complexity index is 318. The molecule has 0 aromatic heterocycles. The lowest BCUT2D eigenvalue weighted by atomic mass is 9.86. The molecule has 0 radical (unpaired) electrons. The Hall–Kier alpha value is -0.640. The molecule has 3 heteroatoms. The van der Waals surface area contributed by atoms with Crippen LogP contribution in [0.3, 0.4) is 0 Å². The van der Waals surface area contributed by atoms with E-state index in [1.165, 1.54) is 31.3 Å². The molecule has 3 nitrogen and oxygen atoms in total. The van der Waals surface area contributed by atoms with Crippen LogP contribution in [-0.4, -0.2) is 26.7 Å². The summed E-state index contributed by atoms with van der Waals surface area (Å²) in [6.45, 7) is 4.92. The summed E-state index contributed by atoms with van der Waals surface area (Å²) < 4.78 is 0. The Labute approximate surface area is 118 Å². The molecule has 0 aromatic carbocycles. The van der Waals surface area contributed by atoms with Gasteiger partial charge < -0.3 is 16.8 Å². The highest BCUT2D eigenvalue weighted by Gasteiger charge is 2.13. The van der Waals surface area contributed by atoms with Gasteiger partial charge in [0.25, 0.3) is 0 Å². The van der Waals surface area contributed by atoms with Crippen LogP contribution in [0.15, 0.2) is 22.8 Å². The van der Waals surface area contributed by atoms with E-state index in [4.69, 9.17) is 11.5 Å². The summed E-state index contributed by atoms with van der Waals surface area (Å²) in [5.41, 5.74) is 16.0. The molecule has 5 N–H and O–H groups in total. The predicted molar refractivity (Wildman–Crippen MR) is 84.0 cm³/mol. The summed E-state index contributed by atoms with van der Waals surface area (Å²) in [5.74, 6) is 0.748. The lowest BCUT2D eigenvalue weighted by Crippen LogP contribution is -2.16. The molecule has 1 aliphatic rings. The monoisotopic (exact) mass is 265 g/mol. The summed E-state index contributed by atoms with van der Waals surface area (Å²) in [6.07, 6.45) is 9.36. The van der Waals surface area contributed by atoms with Crippen molar-refractivity contribution in [3.05, 3.63) is 22.8 Å². The molecule has 0 aromatic rings. The summed E-state index contributed by atoms with van der Waals surface area (Å²) >= 11 is 0. The summed E-state index contributed by atoms with van der Waals surface area (Å²) in [7, 11) is 2.03. The third kappa shape index (κ3) is 5.89. The third-order valence-electron chi connectivity index (χ3n) is 3.95. The Balaban J connectivity index is 2.57. The molecule has 0 saturated heterocycles. The van der Waals surface area contributed by atoms with E-state index in [1.54, 1.807) is 11.1 Å². The highest BCUT2D eigenvalue weighted by atomic mass is 14.8. The van der Waals surface area contributed by atoms with Gasteiger partial charge in [-0.15, -0.1) is 0 Å². The van der Waals surface area contributed by atoms with E-state index in [-0.39, 0.29) is 0 Å². The first kappa shape index (κ1) is 16.4. The van der Waals surface area contributed by atoms with Gasteiger partial charge in [0.05, 0.1) is 0 Å². The fourth-order valence-corrected chi connectivity index (χ4v) is 2.84. The molecule has 1 rings (SSSR count). The summed E-state index contributed by atoms with van der Waals surface area (Å²) in [4.78, 5) is 0. The standard InChI is InChI=1S/C16H31N3/c1-13(12-19-2)3-4-14-5-6-15(7-9-17)16(11-14)8-10-18/h11,13,19H,3-10,12,17-18H2,1-2H3. The van der Waals surface area contributed by atoms with Gasteiger partial charge in [-0.2, -0.15) is 0 Å². The van der Waals surface area contributed by atoms with Crippen molar-refractivity contribution >= 4 is 0 Å². The first-order valence-electron chi connectivity index (χ1n) is 7.66. The quantitative estimate of drug-likeness (QED) is 0.599. The van der Waals surface area contributed by atoms with Crippen LogP contribution in [0.1, 0.15) is 45.4 Å². The van der Waals surface area contributed by atoms with E-state index in [0.717, 1.165) is 38.4 Å². The minimum absolute atomic E-state index is 0.739. The van der Waals surface area contributed by atoms with E-state index in [9.17, 15) is 0 Å². The largest absolute Gasteiger partial charge is 0.330 e. The summed E-state index contributed by atoms with van der Waals surface area (Å²) in [6, 6.07) is 0. The molecule has 1 atom stereocenters. The van der Waals surface area contributed by atoms with Crippen molar-refractivity contribution in [2.45, 2.75) is 45.4 Å².